The number of nitrogens with one attached hydrogen (secondary N) is 1. The molecule has 5 rings (SSSR count). The SMILES string of the molecule is CC(C)N1C[C@H](C(c2ccccc2)c2ccccc2)n2c(-c3nnn[nH]3)nc(=O)c(O)c2C1=O. The predicted octanol–water partition coefficient (Wildman–Crippen LogP) is 2.37. The van der Waals surface area contributed by atoms with Crippen molar-refractivity contribution < 1.29 is 9.90 Å². The van der Waals surface area contributed by atoms with Crippen molar-refractivity contribution in [3.05, 3.63) is 87.8 Å². The van der Waals surface area contributed by atoms with Gasteiger partial charge in [0.1, 0.15) is 0 Å². The van der Waals surface area contributed by atoms with Gasteiger partial charge < -0.3 is 14.6 Å². The minimum absolute atomic E-state index is 0.0985. The second-order valence-corrected chi connectivity index (χ2v) is 8.48. The van der Waals surface area contributed by atoms with E-state index in [9.17, 15) is 14.7 Å². The first-order chi connectivity index (χ1) is 16.5. The Kier molecular flexibility index (Phi) is 5.40. The van der Waals surface area contributed by atoms with Crippen molar-refractivity contribution in [2.45, 2.75) is 31.8 Å². The molecule has 2 N–H and O–H groups in total. The van der Waals surface area contributed by atoms with Crippen LogP contribution < -0.4 is 5.56 Å². The van der Waals surface area contributed by atoms with Gasteiger partial charge in [0.2, 0.25) is 11.6 Å². The Hall–Kier alpha value is -4.34. The molecule has 0 aliphatic carbocycles. The third-order valence-corrected chi connectivity index (χ3v) is 6.16. The molecule has 1 atom stereocenters. The molecule has 10 heteroatoms. The van der Waals surface area contributed by atoms with Crippen LogP contribution in [0.1, 0.15) is 47.4 Å². The average Bonchev–Trinajstić information content (AvgIpc) is 3.38. The third kappa shape index (κ3) is 3.53. The zero-order valence-corrected chi connectivity index (χ0v) is 18.7. The molecule has 1 amide bonds. The summed E-state index contributed by atoms with van der Waals surface area (Å²) in [4.78, 5) is 31.9. The van der Waals surface area contributed by atoms with E-state index in [0.29, 0.717) is 6.54 Å². The Bertz CT molecular complexity index is 1330. The number of aromatic nitrogens is 6. The van der Waals surface area contributed by atoms with E-state index in [-0.39, 0.29) is 29.3 Å². The Morgan fingerprint density at radius 3 is 2.15 bits per heavy atom. The van der Waals surface area contributed by atoms with Crippen LogP contribution in [0.5, 0.6) is 5.75 Å². The van der Waals surface area contributed by atoms with Gasteiger partial charge in [0.25, 0.3) is 5.91 Å². The van der Waals surface area contributed by atoms with Gasteiger partial charge in [-0.2, -0.15) is 4.98 Å². The Morgan fingerprint density at radius 1 is 1.00 bits per heavy atom. The van der Waals surface area contributed by atoms with Crippen LogP contribution >= 0.6 is 0 Å². The largest absolute Gasteiger partial charge is 0.501 e. The maximum Gasteiger partial charge on any atom is 0.316 e. The second-order valence-electron chi connectivity index (χ2n) is 8.48. The van der Waals surface area contributed by atoms with Crippen molar-refractivity contribution in [2.24, 2.45) is 0 Å². The molecular weight excluding hydrogens is 434 g/mol. The monoisotopic (exact) mass is 457 g/mol. The van der Waals surface area contributed by atoms with E-state index >= 15 is 0 Å². The number of H-pyrrole nitrogens is 1. The summed E-state index contributed by atoms with van der Waals surface area (Å²) in [6.45, 7) is 4.14. The van der Waals surface area contributed by atoms with Crippen LogP contribution in [0, 0.1) is 0 Å². The van der Waals surface area contributed by atoms with E-state index in [1.54, 1.807) is 9.47 Å². The number of tetrazole rings is 1. The summed E-state index contributed by atoms with van der Waals surface area (Å²) in [6, 6.07) is 19.3. The molecule has 0 spiro atoms. The molecular formula is C24H23N7O3. The molecule has 4 aromatic rings. The highest BCUT2D eigenvalue weighted by Gasteiger charge is 2.42. The van der Waals surface area contributed by atoms with Gasteiger partial charge in [0.15, 0.2) is 11.5 Å². The molecule has 0 bridgehead atoms. The fraction of sp³-hybridized carbons (Fsp3) is 0.250. The van der Waals surface area contributed by atoms with Gasteiger partial charge in [0.05, 0.1) is 6.04 Å². The maximum atomic E-state index is 13.5. The van der Waals surface area contributed by atoms with E-state index in [2.05, 4.69) is 25.6 Å². The summed E-state index contributed by atoms with van der Waals surface area (Å²) in [5.74, 6) is -1.13. The molecule has 172 valence electrons. The van der Waals surface area contributed by atoms with Crippen molar-refractivity contribution in [2.75, 3.05) is 6.54 Å². The first kappa shape index (κ1) is 21.5. The predicted molar refractivity (Wildman–Crippen MR) is 123 cm³/mol. The van der Waals surface area contributed by atoms with Crippen LogP contribution in [-0.4, -0.2) is 58.7 Å². The van der Waals surface area contributed by atoms with Crippen LogP contribution in [0.3, 0.4) is 0 Å². The highest BCUT2D eigenvalue weighted by molar-refractivity contribution is 5.96. The van der Waals surface area contributed by atoms with Crippen LogP contribution in [0.2, 0.25) is 0 Å². The van der Waals surface area contributed by atoms with Gasteiger partial charge >= 0.3 is 5.56 Å². The van der Waals surface area contributed by atoms with E-state index < -0.39 is 23.3 Å². The van der Waals surface area contributed by atoms with Crippen LogP contribution in [-0.2, 0) is 0 Å². The van der Waals surface area contributed by atoms with Gasteiger partial charge in [0, 0.05) is 18.5 Å². The van der Waals surface area contributed by atoms with Gasteiger partial charge in [-0.25, -0.2) is 5.10 Å². The number of aromatic hydroxyl groups is 1. The quantitative estimate of drug-likeness (QED) is 0.470. The lowest BCUT2D eigenvalue weighted by Crippen LogP contribution is -2.49. The van der Waals surface area contributed by atoms with Crippen molar-refractivity contribution in [1.29, 1.82) is 0 Å². The number of nitrogens with zero attached hydrogens (tertiary/aromatic N) is 6. The lowest BCUT2D eigenvalue weighted by molar-refractivity contribution is 0.0588. The lowest BCUT2D eigenvalue weighted by Gasteiger charge is -2.42. The van der Waals surface area contributed by atoms with Crippen LogP contribution in [0.25, 0.3) is 11.6 Å². The smallest absolute Gasteiger partial charge is 0.316 e. The zero-order chi connectivity index (χ0) is 23.8. The molecule has 2 aromatic carbocycles. The van der Waals surface area contributed by atoms with E-state index in [1.807, 2.05) is 74.5 Å². The molecule has 0 saturated carbocycles. The zero-order valence-electron chi connectivity index (χ0n) is 18.7. The Morgan fingerprint density at radius 2 is 1.62 bits per heavy atom. The van der Waals surface area contributed by atoms with E-state index in [1.165, 1.54) is 0 Å². The molecule has 3 heterocycles. The van der Waals surface area contributed by atoms with Crippen molar-refractivity contribution in [1.82, 2.24) is 35.1 Å². The average molecular weight is 457 g/mol. The highest BCUT2D eigenvalue weighted by atomic mass is 16.3. The second kappa shape index (κ2) is 8.54. The van der Waals surface area contributed by atoms with Gasteiger partial charge in [-0.05, 0) is 35.4 Å². The molecule has 10 nitrogen and oxygen atoms in total. The maximum absolute atomic E-state index is 13.5. The first-order valence-electron chi connectivity index (χ1n) is 11.0. The van der Waals surface area contributed by atoms with E-state index in [4.69, 9.17) is 0 Å². The van der Waals surface area contributed by atoms with Crippen LogP contribution in [0.4, 0.5) is 0 Å². The molecule has 0 unspecified atom stereocenters. The normalized spacial score (nSPS) is 15.7. The standard InChI is InChI=1S/C24H23N7O3/c1-14(2)30-13-17(18(15-9-5-3-6-10-15)16-11-7-4-8-12-16)31-19(24(30)34)20(32)23(33)25-22(31)21-26-28-29-27-21/h3-12,14,17-18,32H,13H2,1-2H3,(H,26,27,28,29)/t17-/m1/s1. The van der Waals surface area contributed by atoms with Crippen molar-refractivity contribution in [3.8, 4) is 17.4 Å². The number of carbonyl (C=O) groups excluding carboxylic acids is 1. The minimum atomic E-state index is -0.911. The fourth-order valence-corrected chi connectivity index (χ4v) is 4.63. The van der Waals surface area contributed by atoms with Gasteiger partial charge in [-0.1, -0.05) is 60.7 Å². The van der Waals surface area contributed by atoms with Crippen molar-refractivity contribution >= 4 is 5.91 Å². The summed E-state index contributed by atoms with van der Waals surface area (Å²) < 4.78 is 1.62. The number of carbonyl (C=O) groups is 1. The minimum Gasteiger partial charge on any atom is -0.501 e. The summed E-state index contributed by atoms with van der Waals surface area (Å²) in [5.41, 5.74) is 1.00. The molecule has 0 radical (unpaired) electrons. The Balaban J connectivity index is 1.84. The van der Waals surface area contributed by atoms with Crippen molar-refractivity contribution in [3.63, 3.8) is 0 Å². The summed E-state index contributed by atoms with van der Waals surface area (Å²) in [6.07, 6.45) is 0. The lowest BCUT2D eigenvalue weighted by atomic mass is 9.83. The number of amides is 1. The summed E-state index contributed by atoms with van der Waals surface area (Å²) in [7, 11) is 0. The molecule has 1 aliphatic heterocycles. The number of rotatable bonds is 5. The third-order valence-electron chi connectivity index (χ3n) is 6.16. The fourth-order valence-electron chi connectivity index (χ4n) is 4.63. The number of aromatic amines is 1. The molecule has 0 saturated heterocycles. The van der Waals surface area contributed by atoms with E-state index in [0.717, 1.165) is 11.1 Å². The summed E-state index contributed by atoms with van der Waals surface area (Å²) >= 11 is 0. The number of hydrogen-bond acceptors (Lipinski definition) is 7. The molecule has 1 aliphatic rings. The summed E-state index contributed by atoms with van der Waals surface area (Å²) in [5, 5.41) is 24.6. The number of benzene rings is 2. The highest BCUT2D eigenvalue weighted by Crippen LogP contribution is 2.42. The first-order valence-corrected chi connectivity index (χ1v) is 11.0. The number of hydrogen-bond donors (Lipinski definition) is 2. The number of fused-ring (bicyclic) bond motifs is 1. The van der Waals surface area contributed by atoms with Crippen LogP contribution in [0.15, 0.2) is 65.5 Å². The molecule has 2 aromatic heterocycles. The van der Waals surface area contributed by atoms with Gasteiger partial charge in [-0.15, -0.1) is 5.10 Å². The Labute approximate surface area is 194 Å². The molecule has 0 fully saturated rings. The molecule has 34 heavy (non-hydrogen) atoms. The van der Waals surface area contributed by atoms with Gasteiger partial charge in [-0.3, -0.25) is 9.59 Å². The topological polar surface area (TPSA) is 130 Å².